The van der Waals surface area contributed by atoms with Crippen LogP contribution in [0.4, 0.5) is 0 Å². The molecule has 1 aliphatic carbocycles. The van der Waals surface area contributed by atoms with Crippen molar-refractivity contribution in [3.63, 3.8) is 0 Å². The first-order chi connectivity index (χ1) is 15.5. The summed E-state index contributed by atoms with van der Waals surface area (Å²) < 4.78 is 8.63. The molecular weight excluding hydrogens is 414 g/mol. The summed E-state index contributed by atoms with van der Waals surface area (Å²) in [5.41, 5.74) is -0.720. The molecule has 3 aromatic rings. The number of ether oxygens (including phenoxy) is 1. The summed E-state index contributed by atoms with van der Waals surface area (Å²) in [6.07, 6.45) is 7.33. The van der Waals surface area contributed by atoms with E-state index in [0.717, 1.165) is 23.2 Å². The SMILES string of the molecule is CCC(=O)n1c(=O)c(O)c(O)c2cc(OCCCc3nnnn3C3CCCCC3)ccc21. The molecule has 2 N–H and O–H groups in total. The number of hydrogen-bond acceptors (Lipinski definition) is 8. The average molecular weight is 441 g/mol. The van der Waals surface area contributed by atoms with E-state index in [0.29, 0.717) is 31.2 Å². The lowest BCUT2D eigenvalue weighted by molar-refractivity contribution is 0.0908. The van der Waals surface area contributed by atoms with E-state index in [1.54, 1.807) is 13.0 Å². The summed E-state index contributed by atoms with van der Waals surface area (Å²) in [6, 6.07) is 5.04. The molecule has 0 aliphatic heterocycles. The van der Waals surface area contributed by atoms with Gasteiger partial charge in [-0.05, 0) is 47.9 Å². The monoisotopic (exact) mass is 441 g/mol. The number of aromatic hydroxyl groups is 2. The minimum Gasteiger partial charge on any atom is -0.504 e. The van der Waals surface area contributed by atoms with Crippen molar-refractivity contribution in [2.75, 3.05) is 6.61 Å². The van der Waals surface area contributed by atoms with E-state index in [4.69, 9.17) is 4.74 Å². The van der Waals surface area contributed by atoms with Crippen LogP contribution in [0, 0.1) is 0 Å². The van der Waals surface area contributed by atoms with Gasteiger partial charge in [0.2, 0.25) is 11.7 Å². The Balaban J connectivity index is 1.45. The quantitative estimate of drug-likeness (QED) is 0.535. The Morgan fingerprint density at radius 2 is 1.97 bits per heavy atom. The van der Waals surface area contributed by atoms with Crippen LogP contribution in [-0.4, -0.2) is 47.5 Å². The highest BCUT2D eigenvalue weighted by molar-refractivity contribution is 5.96. The molecule has 32 heavy (non-hydrogen) atoms. The van der Waals surface area contributed by atoms with E-state index >= 15 is 0 Å². The molecule has 170 valence electrons. The molecule has 0 saturated heterocycles. The van der Waals surface area contributed by atoms with Crippen LogP contribution in [0.5, 0.6) is 17.2 Å². The molecule has 0 spiro atoms. The minimum atomic E-state index is -0.939. The Hall–Kier alpha value is -3.43. The standard InChI is InChI=1S/C22H27N5O5/c1-2-19(28)26-17-11-10-15(13-16(17)20(29)21(30)22(26)31)32-12-6-9-18-23-24-25-27(18)14-7-4-3-5-8-14/h10-11,13-14,29-30H,2-9,12H2,1H3. The third-order valence-corrected chi connectivity index (χ3v) is 5.94. The number of rotatable bonds is 7. The van der Waals surface area contributed by atoms with Gasteiger partial charge >= 0.3 is 5.56 Å². The van der Waals surface area contributed by atoms with Crippen molar-refractivity contribution in [2.24, 2.45) is 0 Å². The third kappa shape index (κ3) is 4.17. The summed E-state index contributed by atoms with van der Waals surface area (Å²) in [5.74, 6) is -0.593. The first-order valence-electron chi connectivity index (χ1n) is 11.0. The lowest BCUT2D eigenvalue weighted by Crippen LogP contribution is -2.26. The van der Waals surface area contributed by atoms with E-state index in [-0.39, 0.29) is 17.3 Å². The summed E-state index contributed by atoms with van der Waals surface area (Å²) in [5, 5.41) is 32.6. The molecule has 10 heteroatoms. The van der Waals surface area contributed by atoms with E-state index in [2.05, 4.69) is 15.5 Å². The zero-order chi connectivity index (χ0) is 22.7. The summed E-state index contributed by atoms with van der Waals surface area (Å²) in [4.78, 5) is 24.4. The number of fused-ring (bicyclic) bond motifs is 1. The van der Waals surface area contributed by atoms with Gasteiger partial charge in [0, 0.05) is 18.2 Å². The molecule has 0 unspecified atom stereocenters. The molecule has 2 heterocycles. The van der Waals surface area contributed by atoms with Gasteiger partial charge in [0.1, 0.15) is 5.75 Å². The van der Waals surface area contributed by atoms with Crippen molar-refractivity contribution in [2.45, 2.75) is 64.3 Å². The normalized spacial score (nSPS) is 14.7. The van der Waals surface area contributed by atoms with Gasteiger partial charge < -0.3 is 14.9 Å². The second-order valence-electron chi connectivity index (χ2n) is 8.05. The lowest BCUT2D eigenvalue weighted by atomic mass is 9.95. The summed E-state index contributed by atoms with van der Waals surface area (Å²) in [7, 11) is 0. The molecule has 1 aliphatic rings. The Labute approximate surface area is 184 Å². The Morgan fingerprint density at radius 1 is 1.19 bits per heavy atom. The van der Waals surface area contributed by atoms with Crippen LogP contribution < -0.4 is 10.3 Å². The molecule has 1 aromatic carbocycles. The molecule has 10 nitrogen and oxygen atoms in total. The van der Waals surface area contributed by atoms with Crippen LogP contribution in [0.25, 0.3) is 10.9 Å². The second kappa shape index (κ2) is 9.37. The molecule has 1 saturated carbocycles. The Bertz CT molecular complexity index is 1180. The molecule has 1 fully saturated rings. The zero-order valence-corrected chi connectivity index (χ0v) is 18.0. The van der Waals surface area contributed by atoms with Gasteiger partial charge in [0.25, 0.3) is 0 Å². The van der Waals surface area contributed by atoms with Crippen molar-refractivity contribution in [3.8, 4) is 17.2 Å². The van der Waals surface area contributed by atoms with Gasteiger partial charge in [0.05, 0.1) is 18.2 Å². The number of pyridine rings is 1. The van der Waals surface area contributed by atoms with E-state index in [9.17, 15) is 19.8 Å². The lowest BCUT2D eigenvalue weighted by Gasteiger charge is -2.22. The van der Waals surface area contributed by atoms with Crippen molar-refractivity contribution < 1.29 is 19.7 Å². The van der Waals surface area contributed by atoms with E-state index in [1.165, 1.54) is 31.4 Å². The molecule has 4 rings (SSSR count). The number of aryl methyl sites for hydroxylation is 1. The van der Waals surface area contributed by atoms with Gasteiger partial charge in [-0.15, -0.1) is 5.10 Å². The van der Waals surface area contributed by atoms with Crippen LogP contribution in [0.15, 0.2) is 23.0 Å². The number of tetrazole rings is 1. The molecule has 0 atom stereocenters. The molecule has 0 amide bonds. The highest BCUT2D eigenvalue weighted by Crippen LogP contribution is 2.33. The Kier molecular flexibility index (Phi) is 6.38. The van der Waals surface area contributed by atoms with Crippen LogP contribution in [0.3, 0.4) is 0 Å². The number of hydrogen-bond donors (Lipinski definition) is 2. The molecule has 0 radical (unpaired) electrons. The highest BCUT2D eigenvalue weighted by atomic mass is 16.5. The van der Waals surface area contributed by atoms with Gasteiger partial charge in [-0.25, -0.2) is 9.25 Å². The van der Waals surface area contributed by atoms with Crippen molar-refractivity contribution in [1.82, 2.24) is 24.8 Å². The number of carbonyl (C=O) groups excluding carboxylic acids is 1. The fraction of sp³-hybridized carbons (Fsp3) is 0.500. The third-order valence-electron chi connectivity index (χ3n) is 5.94. The van der Waals surface area contributed by atoms with Crippen LogP contribution in [0.2, 0.25) is 0 Å². The van der Waals surface area contributed by atoms with Gasteiger partial charge in [0.15, 0.2) is 11.6 Å². The first-order valence-corrected chi connectivity index (χ1v) is 11.0. The number of carbonyl (C=O) groups is 1. The molecule has 2 aromatic heterocycles. The smallest absolute Gasteiger partial charge is 0.303 e. The summed E-state index contributed by atoms with van der Waals surface area (Å²) in [6.45, 7) is 2.01. The fourth-order valence-corrected chi connectivity index (χ4v) is 4.25. The van der Waals surface area contributed by atoms with Crippen molar-refractivity contribution in [3.05, 3.63) is 34.4 Å². The van der Waals surface area contributed by atoms with Gasteiger partial charge in [-0.3, -0.25) is 9.59 Å². The molecular formula is C22H27N5O5. The van der Waals surface area contributed by atoms with Crippen LogP contribution >= 0.6 is 0 Å². The number of nitrogens with zero attached hydrogens (tertiary/aromatic N) is 5. The average Bonchev–Trinajstić information content (AvgIpc) is 3.29. The second-order valence-corrected chi connectivity index (χ2v) is 8.05. The predicted molar refractivity (Wildman–Crippen MR) is 116 cm³/mol. The Morgan fingerprint density at radius 3 is 2.72 bits per heavy atom. The fourth-order valence-electron chi connectivity index (χ4n) is 4.25. The van der Waals surface area contributed by atoms with Gasteiger partial charge in [-0.2, -0.15) is 0 Å². The largest absolute Gasteiger partial charge is 0.504 e. The van der Waals surface area contributed by atoms with Crippen LogP contribution in [-0.2, 0) is 6.42 Å². The summed E-state index contributed by atoms with van der Waals surface area (Å²) >= 11 is 0. The number of benzene rings is 1. The topological polar surface area (TPSA) is 132 Å². The first kappa shape index (κ1) is 21.8. The van der Waals surface area contributed by atoms with E-state index < -0.39 is 23.0 Å². The van der Waals surface area contributed by atoms with Gasteiger partial charge in [-0.1, -0.05) is 26.2 Å². The maximum Gasteiger partial charge on any atom is 0.303 e. The molecule has 0 bridgehead atoms. The maximum absolute atomic E-state index is 12.2. The highest BCUT2D eigenvalue weighted by Gasteiger charge is 2.21. The number of aromatic nitrogens is 5. The minimum absolute atomic E-state index is 0.0812. The van der Waals surface area contributed by atoms with Crippen molar-refractivity contribution >= 4 is 16.8 Å². The van der Waals surface area contributed by atoms with Crippen molar-refractivity contribution in [1.29, 1.82) is 0 Å². The zero-order valence-electron chi connectivity index (χ0n) is 18.0. The predicted octanol–water partition coefficient (Wildman–Crippen LogP) is 2.97. The van der Waals surface area contributed by atoms with E-state index in [1.807, 2.05) is 4.68 Å². The maximum atomic E-state index is 12.2. The van der Waals surface area contributed by atoms with Crippen LogP contribution in [0.1, 0.15) is 68.5 Å².